The highest BCUT2D eigenvalue weighted by Gasteiger charge is 2.16. The van der Waals surface area contributed by atoms with Crippen molar-refractivity contribution in [3.8, 4) is 0 Å². The monoisotopic (exact) mass is 263 g/mol. The zero-order chi connectivity index (χ0) is 13.7. The average Bonchev–Trinajstić information content (AvgIpc) is 2.46. The third-order valence-corrected chi connectivity index (χ3v) is 2.95. The minimum absolute atomic E-state index is 0.118. The number of carbonyl (C=O) groups excluding carboxylic acids is 2. The molecule has 1 aliphatic rings. The summed E-state index contributed by atoms with van der Waals surface area (Å²) in [6, 6.07) is 6.80. The second kappa shape index (κ2) is 6.19. The summed E-state index contributed by atoms with van der Waals surface area (Å²) in [6.45, 7) is 2.73. The maximum atomic E-state index is 11.9. The van der Waals surface area contributed by atoms with Crippen molar-refractivity contribution in [3.05, 3.63) is 35.4 Å². The predicted molar refractivity (Wildman–Crippen MR) is 69.6 cm³/mol. The molecule has 6 heteroatoms. The molecule has 0 aliphatic carbocycles. The van der Waals surface area contributed by atoms with Crippen molar-refractivity contribution in [2.75, 3.05) is 26.3 Å². The van der Waals surface area contributed by atoms with Gasteiger partial charge >= 0.3 is 6.03 Å². The number of primary amides is 1. The minimum Gasteiger partial charge on any atom is -0.378 e. The molecule has 1 fully saturated rings. The van der Waals surface area contributed by atoms with Gasteiger partial charge in [0, 0.05) is 25.2 Å². The number of nitrogens with one attached hydrogen (secondary N) is 1. The van der Waals surface area contributed by atoms with Crippen molar-refractivity contribution in [3.63, 3.8) is 0 Å². The van der Waals surface area contributed by atoms with Gasteiger partial charge in [0.05, 0.1) is 13.2 Å². The number of nitrogens with zero attached hydrogens (tertiary/aromatic N) is 1. The Morgan fingerprint density at radius 2 is 2.05 bits per heavy atom. The van der Waals surface area contributed by atoms with Crippen LogP contribution in [-0.4, -0.2) is 43.1 Å². The largest absolute Gasteiger partial charge is 0.378 e. The number of urea groups is 1. The summed E-state index contributed by atoms with van der Waals surface area (Å²) >= 11 is 0. The van der Waals surface area contributed by atoms with Crippen molar-refractivity contribution in [1.29, 1.82) is 0 Å². The van der Waals surface area contributed by atoms with E-state index in [1.54, 1.807) is 23.1 Å². The molecule has 1 aromatic rings. The van der Waals surface area contributed by atoms with Crippen molar-refractivity contribution in [2.45, 2.75) is 6.54 Å². The number of ether oxygens (including phenoxy) is 1. The first-order valence-electron chi connectivity index (χ1n) is 6.16. The molecule has 2 rings (SSSR count). The number of morpholine rings is 1. The fourth-order valence-electron chi connectivity index (χ4n) is 1.89. The number of nitrogens with two attached hydrogens (primary N) is 1. The molecule has 1 heterocycles. The van der Waals surface area contributed by atoms with Crippen molar-refractivity contribution >= 4 is 11.9 Å². The standard InChI is InChI=1S/C13H17N3O3/c14-12(17)11-3-1-2-10(8-11)9-15-13(18)16-4-6-19-7-5-16/h1-3,8H,4-7,9H2,(H2,14,17)(H,15,18). The highest BCUT2D eigenvalue weighted by atomic mass is 16.5. The molecule has 0 spiro atoms. The summed E-state index contributed by atoms with van der Waals surface area (Å²) in [6.07, 6.45) is 0. The van der Waals surface area contributed by atoms with E-state index in [2.05, 4.69) is 5.32 Å². The molecule has 0 atom stereocenters. The van der Waals surface area contributed by atoms with Crippen LogP contribution in [0.1, 0.15) is 15.9 Å². The van der Waals surface area contributed by atoms with Gasteiger partial charge in [-0.2, -0.15) is 0 Å². The molecular weight excluding hydrogens is 246 g/mol. The summed E-state index contributed by atoms with van der Waals surface area (Å²) in [7, 11) is 0. The van der Waals surface area contributed by atoms with Gasteiger partial charge < -0.3 is 20.7 Å². The lowest BCUT2D eigenvalue weighted by atomic mass is 10.1. The molecule has 102 valence electrons. The fraction of sp³-hybridized carbons (Fsp3) is 0.385. The Morgan fingerprint density at radius 1 is 1.32 bits per heavy atom. The lowest BCUT2D eigenvalue weighted by Crippen LogP contribution is -2.45. The number of benzene rings is 1. The first-order chi connectivity index (χ1) is 9.16. The highest BCUT2D eigenvalue weighted by molar-refractivity contribution is 5.92. The molecule has 3 N–H and O–H groups in total. The van der Waals surface area contributed by atoms with Gasteiger partial charge in [0.15, 0.2) is 0 Å². The Hall–Kier alpha value is -2.08. The summed E-state index contributed by atoms with van der Waals surface area (Å²) in [4.78, 5) is 24.6. The molecule has 0 bridgehead atoms. The van der Waals surface area contributed by atoms with E-state index >= 15 is 0 Å². The Kier molecular flexibility index (Phi) is 4.35. The molecule has 0 radical (unpaired) electrons. The van der Waals surface area contributed by atoms with Crippen LogP contribution in [0.2, 0.25) is 0 Å². The maximum Gasteiger partial charge on any atom is 0.317 e. The van der Waals surface area contributed by atoms with Gasteiger partial charge in [-0.25, -0.2) is 4.79 Å². The van der Waals surface area contributed by atoms with Crippen LogP contribution in [-0.2, 0) is 11.3 Å². The molecule has 1 aromatic carbocycles. The number of hydrogen-bond donors (Lipinski definition) is 2. The highest BCUT2D eigenvalue weighted by Crippen LogP contribution is 2.05. The van der Waals surface area contributed by atoms with Gasteiger partial charge in [-0.1, -0.05) is 12.1 Å². The predicted octanol–water partition coefficient (Wildman–Crippen LogP) is 0.327. The fourth-order valence-corrected chi connectivity index (χ4v) is 1.89. The number of amides is 3. The summed E-state index contributed by atoms with van der Waals surface area (Å²) in [5.41, 5.74) is 6.50. The number of hydrogen-bond acceptors (Lipinski definition) is 3. The quantitative estimate of drug-likeness (QED) is 0.824. The molecule has 19 heavy (non-hydrogen) atoms. The lowest BCUT2D eigenvalue weighted by Gasteiger charge is -2.26. The van der Waals surface area contributed by atoms with E-state index in [1.807, 2.05) is 6.07 Å². The van der Waals surface area contributed by atoms with Gasteiger partial charge in [-0.15, -0.1) is 0 Å². The van der Waals surface area contributed by atoms with Crippen LogP contribution in [0, 0.1) is 0 Å². The van der Waals surface area contributed by atoms with Crippen LogP contribution in [0.25, 0.3) is 0 Å². The van der Waals surface area contributed by atoms with E-state index in [9.17, 15) is 9.59 Å². The van der Waals surface area contributed by atoms with Gasteiger partial charge in [0.1, 0.15) is 0 Å². The maximum absolute atomic E-state index is 11.9. The van der Waals surface area contributed by atoms with E-state index in [0.29, 0.717) is 38.4 Å². The van der Waals surface area contributed by atoms with Crippen molar-refractivity contribution < 1.29 is 14.3 Å². The number of rotatable bonds is 3. The first kappa shape index (κ1) is 13.4. The van der Waals surface area contributed by atoms with Crippen molar-refractivity contribution in [2.24, 2.45) is 5.73 Å². The SMILES string of the molecule is NC(=O)c1cccc(CNC(=O)N2CCOCC2)c1. The molecule has 0 aromatic heterocycles. The normalized spacial score (nSPS) is 15.1. The van der Waals surface area contributed by atoms with E-state index in [-0.39, 0.29) is 6.03 Å². The van der Waals surface area contributed by atoms with Gasteiger partial charge in [0.25, 0.3) is 0 Å². The Balaban J connectivity index is 1.89. The molecule has 1 saturated heterocycles. The Morgan fingerprint density at radius 3 is 2.74 bits per heavy atom. The molecule has 0 unspecified atom stereocenters. The zero-order valence-corrected chi connectivity index (χ0v) is 10.6. The van der Waals surface area contributed by atoms with E-state index in [1.165, 1.54) is 0 Å². The summed E-state index contributed by atoms with van der Waals surface area (Å²) < 4.78 is 5.18. The molecule has 6 nitrogen and oxygen atoms in total. The Bertz CT molecular complexity index is 470. The average molecular weight is 263 g/mol. The Labute approximate surface area is 111 Å². The molecule has 0 saturated carbocycles. The van der Waals surface area contributed by atoms with Crippen LogP contribution >= 0.6 is 0 Å². The van der Waals surface area contributed by atoms with Gasteiger partial charge in [-0.05, 0) is 17.7 Å². The van der Waals surface area contributed by atoms with Crippen LogP contribution < -0.4 is 11.1 Å². The van der Waals surface area contributed by atoms with Crippen LogP contribution in [0.3, 0.4) is 0 Å². The summed E-state index contributed by atoms with van der Waals surface area (Å²) in [5.74, 6) is -0.471. The van der Waals surface area contributed by atoms with Crippen molar-refractivity contribution in [1.82, 2.24) is 10.2 Å². The molecular formula is C13H17N3O3. The smallest absolute Gasteiger partial charge is 0.317 e. The van der Waals surface area contributed by atoms with Gasteiger partial charge in [0.2, 0.25) is 5.91 Å². The van der Waals surface area contributed by atoms with E-state index < -0.39 is 5.91 Å². The third-order valence-electron chi connectivity index (χ3n) is 2.95. The second-order valence-corrected chi connectivity index (χ2v) is 4.32. The summed E-state index contributed by atoms with van der Waals surface area (Å²) in [5, 5.41) is 2.81. The number of carbonyl (C=O) groups is 2. The van der Waals surface area contributed by atoms with E-state index in [4.69, 9.17) is 10.5 Å². The topological polar surface area (TPSA) is 84.7 Å². The third kappa shape index (κ3) is 3.69. The van der Waals surface area contributed by atoms with Crippen LogP contribution in [0.4, 0.5) is 4.79 Å². The minimum atomic E-state index is -0.471. The van der Waals surface area contributed by atoms with Crippen LogP contribution in [0.5, 0.6) is 0 Å². The molecule has 3 amide bonds. The molecule has 1 aliphatic heterocycles. The second-order valence-electron chi connectivity index (χ2n) is 4.32. The first-order valence-corrected chi connectivity index (χ1v) is 6.16. The van der Waals surface area contributed by atoms with Crippen LogP contribution in [0.15, 0.2) is 24.3 Å². The van der Waals surface area contributed by atoms with E-state index in [0.717, 1.165) is 5.56 Å². The van der Waals surface area contributed by atoms with Gasteiger partial charge in [-0.3, -0.25) is 4.79 Å². The lowest BCUT2D eigenvalue weighted by molar-refractivity contribution is 0.0531. The zero-order valence-electron chi connectivity index (χ0n) is 10.6.